The molecule has 41 heavy (non-hydrogen) atoms. The second-order valence-electron chi connectivity index (χ2n) is 9.14. The number of unbranched alkanes of at least 4 members (excludes halogenated alkanes) is 4. The van der Waals surface area contributed by atoms with Gasteiger partial charge in [-0.05, 0) is 45.4 Å². The summed E-state index contributed by atoms with van der Waals surface area (Å²) in [5.41, 5.74) is 0. The number of phosphoric acid groups is 2. The predicted molar refractivity (Wildman–Crippen MR) is 142 cm³/mol. The first kappa shape index (κ1) is 39.2. The van der Waals surface area contributed by atoms with Gasteiger partial charge in [0, 0.05) is 26.5 Å². The number of ether oxygens (including phenoxy) is 3. The molecule has 6 N–H and O–H groups in total. The van der Waals surface area contributed by atoms with Crippen molar-refractivity contribution in [2.75, 3.05) is 66.1 Å². The Hall–Kier alpha value is 0.130. The summed E-state index contributed by atoms with van der Waals surface area (Å²) in [5.74, 6) is -2.53. The molecule has 1 saturated heterocycles. The number of phosphoric ester groups is 2. The number of hydrogen-bond acceptors (Lipinski definition) is 14. The molecule has 0 amide bonds. The molecule has 0 spiro atoms. The van der Waals surface area contributed by atoms with Crippen LogP contribution < -0.4 is 0 Å². The maximum absolute atomic E-state index is 12.1. The Morgan fingerprint density at radius 3 is 1.80 bits per heavy atom. The zero-order valence-corrected chi connectivity index (χ0v) is 26.0. The third kappa shape index (κ3) is 17.3. The predicted octanol–water partition coefficient (Wildman–Crippen LogP) is 1.29. The molecule has 4 unspecified atom stereocenters. The fourth-order valence-electron chi connectivity index (χ4n) is 3.50. The van der Waals surface area contributed by atoms with Gasteiger partial charge in [-0.15, -0.1) is 0 Å². The van der Waals surface area contributed by atoms with E-state index in [1.54, 1.807) is 0 Å². The average Bonchev–Trinajstić information content (AvgIpc) is 3.12. The second-order valence-corrected chi connectivity index (χ2v) is 13.9. The third-order valence-electron chi connectivity index (χ3n) is 5.50. The van der Waals surface area contributed by atoms with Crippen LogP contribution in [0.15, 0.2) is 0 Å². The van der Waals surface area contributed by atoms with E-state index in [9.17, 15) is 43.7 Å². The van der Waals surface area contributed by atoms with E-state index < -0.39 is 60.6 Å². The summed E-state index contributed by atoms with van der Waals surface area (Å²) in [5, 5.41) is 29.5. The Kier molecular flexibility index (Phi) is 18.6. The third-order valence-corrected chi connectivity index (χ3v) is 8.14. The SMILES string of the molecule is CCOCCCCCOP(=O)(O)OCCOCCCCCOP(=O)(O)OC[C@H]1O[C@](O)(CO)[C@H](O)C1OP(C)(=O)O. The molecule has 20 heteroatoms. The molecule has 1 aliphatic rings. The van der Waals surface area contributed by atoms with Gasteiger partial charge >= 0.3 is 23.2 Å². The number of aliphatic hydroxyl groups is 3. The van der Waals surface area contributed by atoms with Gasteiger partial charge in [-0.25, -0.2) is 9.13 Å². The lowest BCUT2D eigenvalue weighted by Crippen LogP contribution is -2.46. The summed E-state index contributed by atoms with van der Waals surface area (Å²) >= 11 is 0. The maximum atomic E-state index is 12.1. The first-order valence-electron chi connectivity index (χ1n) is 13.2. The average molecular weight is 662 g/mol. The van der Waals surface area contributed by atoms with Crippen molar-refractivity contribution in [1.82, 2.24) is 0 Å². The van der Waals surface area contributed by atoms with Gasteiger partial charge in [0.05, 0.1) is 39.6 Å². The Labute approximate surface area is 239 Å². The number of rotatable bonds is 25. The normalized spacial score (nSPS) is 27.4. The maximum Gasteiger partial charge on any atom is 0.472 e. The van der Waals surface area contributed by atoms with Crippen LogP contribution in [0.3, 0.4) is 0 Å². The summed E-state index contributed by atoms with van der Waals surface area (Å²) in [4.78, 5) is 28.9. The van der Waals surface area contributed by atoms with E-state index in [2.05, 4.69) is 0 Å². The number of hydrogen-bond donors (Lipinski definition) is 6. The molecule has 0 aromatic heterocycles. The summed E-state index contributed by atoms with van der Waals surface area (Å²) < 4.78 is 75.3. The molecule has 7 atom stereocenters. The van der Waals surface area contributed by atoms with Gasteiger partial charge in [0.2, 0.25) is 5.79 Å². The lowest BCUT2D eigenvalue weighted by Gasteiger charge is -2.24. The molecule has 17 nitrogen and oxygen atoms in total. The Morgan fingerprint density at radius 2 is 1.27 bits per heavy atom. The first-order chi connectivity index (χ1) is 19.1. The molecule has 0 aliphatic carbocycles. The molecular formula is C21H45O17P3. The standard InChI is InChI=1S/C21H45O17P3/c1-3-31-10-6-4-8-12-33-40(27,28)35-15-14-32-11-7-5-9-13-34-41(29,30)36-16-18-19(38-39(2,25)26)20(23)21(24,17-22)37-18/h18-20,22-24H,3-17H2,1-2H3,(H,25,26)(H,27,28)(H,29,30)/t18-,19?,20-,21-/m1/s1. The molecule has 1 heterocycles. The zero-order valence-electron chi connectivity index (χ0n) is 23.4. The van der Waals surface area contributed by atoms with E-state index >= 15 is 0 Å². The molecule has 0 aromatic carbocycles. The van der Waals surface area contributed by atoms with Crippen LogP contribution in [0.1, 0.15) is 45.4 Å². The van der Waals surface area contributed by atoms with Gasteiger partial charge in [0.1, 0.15) is 18.3 Å². The first-order valence-corrected chi connectivity index (χ1v) is 18.2. The minimum atomic E-state index is -4.60. The molecule has 1 aliphatic heterocycles. The highest BCUT2D eigenvalue weighted by Gasteiger charge is 2.56. The van der Waals surface area contributed by atoms with Gasteiger partial charge < -0.3 is 44.2 Å². The van der Waals surface area contributed by atoms with Crippen molar-refractivity contribution in [2.45, 2.75) is 69.5 Å². The van der Waals surface area contributed by atoms with E-state index in [-0.39, 0.29) is 26.4 Å². The minimum Gasteiger partial charge on any atom is -0.391 e. The van der Waals surface area contributed by atoms with E-state index in [1.165, 1.54) is 0 Å². The highest BCUT2D eigenvalue weighted by Crippen LogP contribution is 2.47. The summed E-state index contributed by atoms with van der Waals surface area (Å²) in [6.07, 6.45) is -1.35. The largest absolute Gasteiger partial charge is 0.472 e. The fraction of sp³-hybridized carbons (Fsp3) is 1.00. The van der Waals surface area contributed by atoms with Gasteiger partial charge in [0.15, 0.2) is 0 Å². The minimum absolute atomic E-state index is 0.0657. The van der Waals surface area contributed by atoms with E-state index in [0.29, 0.717) is 45.5 Å². The monoisotopic (exact) mass is 662 g/mol. The van der Waals surface area contributed by atoms with Crippen LogP contribution in [0.4, 0.5) is 0 Å². The molecule has 246 valence electrons. The Morgan fingerprint density at radius 1 is 0.756 bits per heavy atom. The summed E-state index contributed by atoms with van der Waals surface area (Å²) in [7, 11) is -12.9. The molecule has 1 rings (SSSR count). The molecular weight excluding hydrogens is 617 g/mol. The Balaban J connectivity index is 2.16. The highest BCUT2D eigenvalue weighted by molar-refractivity contribution is 7.51. The Bertz CT molecular complexity index is 857. The molecule has 1 fully saturated rings. The van der Waals surface area contributed by atoms with Crippen LogP contribution in [0.2, 0.25) is 0 Å². The molecule has 0 radical (unpaired) electrons. The summed E-state index contributed by atoms with van der Waals surface area (Å²) in [6, 6.07) is 0. The smallest absolute Gasteiger partial charge is 0.391 e. The second kappa shape index (κ2) is 19.5. The van der Waals surface area contributed by atoms with Crippen LogP contribution in [-0.4, -0.2) is 120 Å². The van der Waals surface area contributed by atoms with Gasteiger partial charge in [-0.1, -0.05) is 0 Å². The molecule has 0 saturated carbocycles. The molecule has 0 aromatic rings. The zero-order chi connectivity index (χ0) is 31.0. The van der Waals surface area contributed by atoms with Crippen LogP contribution in [-0.2, 0) is 50.5 Å². The fourth-order valence-corrected chi connectivity index (χ4v) is 5.71. The highest BCUT2D eigenvalue weighted by atomic mass is 31.2. The lowest BCUT2D eigenvalue weighted by atomic mass is 10.1. The van der Waals surface area contributed by atoms with E-state index in [1.807, 2.05) is 6.92 Å². The van der Waals surface area contributed by atoms with Crippen molar-refractivity contribution in [3.8, 4) is 0 Å². The molecule has 0 bridgehead atoms. The van der Waals surface area contributed by atoms with Crippen LogP contribution in [0.5, 0.6) is 0 Å². The van der Waals surface area contributed by atoms with Crippen LogP contribution >= 0.6 is 23.2 Å². The van der Waals surface area contributed by atoms with Crippen LogP contribution in [0.25, 0.3) is 0 Å². The number of aliphatic hydroxyl groups excluding tert-OH is 2. The van der Waals surface area contributed by atoms with Gasteiger partial charge in [0.25, 0.3) is 0 Å². The van der Waals surface area contributed by atoms with Crippen molar-refractivity contribution < 1.29 is 80.5 Å². The van der Waals surface area contributed by atoms with Crippen molar-refractivity contribution in [3.05, 3.63) is 0 Å². The van der Waals surface area contributed by atoms with Gasteiger partial charge in [-0.3, -0.25) is 27.2 Å². The van der Waals surface area contributed by atoms with Gasteiger partial charge in [-0.2, -0.15) is 0 Å². The van der Waals surface area contributed by atoms with E-state index in [0.717, 1.165) is 19.5 Å². The van der Waals surface area contributed by atoms with Crippen molar-refractivity contribution in [2.24, 2.45) is 0 Å². The van der Waals surface area contributed by atoms with Crippen molar-refractivity contribution >= 4 is 23.2 Å². The lowest BCUT2D eigenvalue weighted by molar-refractivity contribution is -0.247. The van der Waals surface area contributed by atoms with E-state index in [4.69, 9.17) is 36.8 Å². The van der Waals surface area contributed by atoms with Crippen molar-refractivity contribution in [1.29, 1.82) is 0 Å². The topological polar surface area (TPSA) is 246 Å². The quantitative estimate of drug-likeness (QED) is 0.0595. The van der Waals surface area contributed by atoms with Crippen LogP contribution in [0, 0.1) is 0 Å². The summed E-state index contributed by atoms with van der Waals surface area (Å²) in [6.45, 7) is 2.34. The van der Waals surface area contributed by atoms with Crippen molar-refractivity contribution in [3.63, 3.8) is 0 Å².